The fraction of sp³-hybridized carbons (Fsp3) is 0.385. The standard InChI is InChI=1S/C13H17FN2O3S/c1-13(2,10(15)12(18)19)20-6-8-5-7(11(16)17)3-4-9(8)14/h3-5,10H,6,15H2,1-2H3,(H2,16,17)(H,18,19)/t10-/m0/s1. The number of nitrogens with two attached hydrogens (primary N) is 2. The Morgan fingerprint density at radius 3 is 2.55 bits per heavy atom. The van der Waals surface area contributed by atoms with Crippen LogP contribution in [0.15, 0.2) is 18.2 Å². The molecule has 0 radical (unpaired) electrons. The number of halogens is 1. The van der Waals surface area contributed by atoms with E-state index in [0.717, 1.165) is 0 Å². The lowest BCUT2D eigenvalue weighted by molar-refractivity contribution is -0.139. The van der Waals surface area contributed by atoms with Crippen molar-refractivity contribution in [2.45, 2.75) is 30.4 Å². The van der Waals surface area contributed by atoms with Gasteiger partial charge in [-0.25, -0.2) is 4.39 Å². The van der Waals surface area contributed by atoms with Gasteiger partial charge in [-0.05, 0) is 37.6 Å². The highest BCUT2D eigenvalue weighted by molar-refractivity contribution is 7.99. The predicted molar refractivity (Wildman–Crippen MR) is 75.9 cm³/mol. The molecule has 1 rings (SSSR count). The first-order valence-electron chi connectivity index (χ1n) is 5.85. The molecule has 1 aromatic rings. The van der Waals surface area contributed by atoms with E-state index in [4.69, 9.17) is 16.6 Å². The summed E-state index contributed by atoms with van der Waals surface area (Å²) >= 11 is 1.20. The smallest absolute Gasteiger partial charge is 0.321 e. The van der Waals surface area contributed by atoms with Crippen LogP contribution in [0.4, 0.5) is 4.39 Å². The van der Waals surface area contributed by atoms with Crippen LogP contribution in [0.5, 0.6) is 0 Å². The number of amides is 1. The number of carbonyl (C=O) groups excluding carboxylic acids is 1. The lowest BCUT2D eigenvalue weighted by atomic mass is 10.1. The van der Waals surface area contributed by atoms with Gasteiger partial charge in [0.2, 0.25) is 5.91 Å². The quantitative estimate of drug-likeness (QED) is 0.735. The van der Waals surface area contributed by atoms with E-state index in [1.54, 1.807) is 13.8 Å². The zero-order valence-electron chi connectivity index (χ0n) is 11.2. The first-order chi connectivity index (χ1) is 9.15. The minimum absolute atomic E-state index is 0.195. The van der Waals surface area contributed by atoms with Crippen molar-refractivity contribution in [3.63, 3.8) is 0 Å². The van der Waals surface area contributed by atoms with Gasteiger partial charge in [0.05, 0.1) is 0 Å². The maximum atomic E-state index is 13.7. The second-order valence-electron chi connectivity index (χ2n) is 4.88. The summed E-state index contributed by atoms with van der Waals surface area (Å²) in [7, 11) is 0. The largest absolute Gasteiger partial charge is 0.480 e. The van der Waals surface area contributed by atoms with Gasteiger partial charge in [0, 0.05) is 16.1 Å². The third kappa shape index (κ3) is 3.94. The van der Waals surface area contributed by atoms with Crippen molar-refractivity contribution in [2.24, 2.45) is 11.5 Å². The third-order valence-electron chi connectivity index (χ3n) is 2.94. The van der Waals surface area contributed by atoms with Crippen molar-refractivity contribution in [1.82, 2.24) is 0 Å². The summed E-state index contributed by atoms with van der Waals surface area (Å²) in [6, 6.07) is 2.77. The van der Waals surface area contributed by atoms with Gasteiger partial charge in [-0.1, -0.05) is 0 Å². The van der Waals surface area contributed by atoms with Gasteiger partial charge in [-0.2, -0.15) is 0 Å². The summed E-state index contributed by atoms with van der Waals surface area (Å²) in [6.07, 6.45) is 0. The Balaban J connectivity index is 2.87. The highest BCUT2D eigenvalue weighted by Gasteiger charge is 2.32. The third-order valence-corrected chi connectivity index (χ3v) is 4.40. The fourth-order valence-electron chi connectivity index (χ4n) is 1.49. The molecule has 7 heteroatoms. The summed E-state index contributed by atoms with van der Waals surface area (Å²) in [4.78, 5) is 22.0. The van der Waals surface area contributed by atoms with Crippen LogP contribution >= 0.6 is 11.8 Å². The van der Waals surface area contributed by atoms with Crippen molar-refractivity contribution in [3.8, 4) is 0 Å². The molecular weight excluding hydrogens is 283 g/mol. The number of carboxylic acids is 1. The van der Waals surface area contributed by atoms with Crippen LogP contribution in [0.1, 0.15) is 29.8 Å². The van der Waals surface area contributed by atoms with Gasteiger partial charge in [0.15, 0.2) is 0 Å². The summed E-state index contributed by atoms with van der Waals surface area (Å²) in [6.45, 7) is 3.35. The zero-order valence-corrected chi connectivity index (χ0v) is 12.0. The van der Waals surface area contributed by atoms with Gasteiger partial charge in [0.1, 0.15) is 11.9 Å². The molecule has 0 heterocycles. The topological polar surface area (TPSA) is 106 Å². The number of aliphatic carboxylic acids is 1. The number of carbonyl (C=O) groups is 2. The molecule has 0 spiro atoms. The maximum absolute atomic E-state index is 13.7. The molecule has 20 heavy (non-hydrogen) atoms. The summed E-state index contributed by atoms with van der Waals surface area (Å²) in [5, 5.41) is 8.91. The van der Waals surface area contributed by atoms with Crippen LogP contribution < -0.4 is 11.5 Å². The van der Waals surface area contributed by atoms with E-state index in [-0.39, 0.29) is 16.9 Å². The summed E-state index contributed by atoms with van der Waals surface area (Å²) in [5.41, 5.74) is 11.2. The molecule has 0 fully saturated rings. The SMILES string of the molecule is CC(C)(SCc1cc(C(N)=O)ccc1F)[C@@H](N)C(=O)O. The van der Waals surface area contributed by atoms with Crippen LogP contribution in [0.25, 0.3) is 0 Å². The van der Waals surface area contributed by atoms with E-state index < -0.39 is 28.5 Å². The molecule has 0 unspecified atom stereocenters. The Labute approximate surface area is 120 Å². The Hall–Kier alpha value is -1.60. The molecule has 0 aliphatic heterocycles. The van der Waals surface area contributed by atoms with Crippen LogP contribution in [-0.4, -0.2) is 27.8 Å². The molecular formula is C13H17FN2O3S. The van der Waals surface area contributed by atoms with E-state index in [9.17, 15) is 14.0 Å². The molecule has 0 aliphatic rings. The molecule has 0 saturated heterocycles. The first kappa shape index (κ1) is 16.5. The predicted octanol–water partition coefficient (Wildman–Crippen LogP) is 1.35. The lowest BCUT2D eigenvalue weighted by Crippen LogP contribution is -2.46. The van der Waals surface area contributed by atoms with Gasteiger partial charge in [-0.15, -0.1) is 11.8 Å². The number of hydrogen-bond acceptors (Lipinski definition) is 4. The average Bonchev–Trinajstić information content (AvgIpc) is 2.36. The van der Waals surface area contributed by atoms with Crippen molar-refractivity contribution >= 4 is 23.6 Å². The molecule has 0 aliphatic carbocycles. The van der Waals surface area contributed by atoms with E-state index in [1.165, 1.54) is 30.0 Å². The number of rotatable bonds is 6. The van der Waals surface area contributed by atoms with E-state index in [2.05, 4.69) is 0 Å². The van der Waals surface area contributed by atoms with Crippen molar-refractivity contribution in [1.29, 1.82) is 0 Å². The molecule has 0 saturated carbocycles. The average molecular weight is 300 g/mol. The molecule has 1 atom stereocenters. The van der Waals surface area contributed by atoms with Gasteiger partial charge >= 0.3 is 5.97 Å². The monoisotopic (exact) mass is 300 g/mol. The normalized spacial score (nSPS) is 13.0. The van der Waals surface area contributed by atoms with Gasteiger partial charge in [0.25, 0.3) is 0 Å². The molecule has 110 valence electrons. The van der Waals surface area contributed by atoms with Gasteiger partial charge in [-0.3, -0.25) is 9.59 Å². The van der Waals surface area contributed by atoms with Crippen LogP contribution in [-0.2, 0) is 10.5 Å². The molecule has 5 N–H and O–H groups in total. The highest BCUT2D eigenvalue weighted by atomic mass is 32.2. The lowest BCUT2D eigenvalue weighted by Gasteiger charge is -2.28. The molecule has 0 bridgehead atoms. The second kappa shape index (κ2) is 6.23. The van der Waals surface area contributed by atoms with Crippen molar-refractivity contribution < 1.29 is 19.1 Å². The second-order valence-corrected chi connectivity index (χ2v) is 6.51. The zero-order chi connectivity index (χ0) is 15.5. The van der Waals surface area contributed by atoms with Crippen LogP contribution in [0.3, 0.4) is 0 Å². The first-order valence-corrected chi connectivity index (χ1v) is 6.84. The van der Waals surface area contributed by atoms with Gasteiger partial charge < -0.3 is 16.6 Å². The number of thioether (sulfide) groups is 1. The highest BCUT2D eigenvalue weighted by Crippen LogP contribution is 2.31. The van der Waals surface area contributed by atoms with Crippen LogP contribution in [0, 0.1) is 5.82 Å². The summed E-state index contributed by atoms with van der Waals surface area (Å²) in [5.74, 6) is -2.03. The fourth-order valence-corrected chi connectivity index (χ4v) is 2.52. The van der Waals surface area contributed by atoms with Crippen molar-refractivity contribution in [2.75, 3.05) is 0 Å². The Morgan fingerprint density at radius 2 is 2.05 bits per heavy atom. The number of hydrogen-bond donors (Lipinski definition) is 3. The molecule has 5 nitrogen and oxygen atoms in total. The van der Waals surface area contributed by atoms with E-state index in [1.807, 2.05) is 0 Å². The molecule has 0 aromatic heterocycles. The maximum Gasteiger partial charge on any atom is 0.321 e. The number of carboxylic acid groups (broad SMARTS) is 1. The van der Waals surface area contributed by atoms with E-state index >= 15 is 0 Å². The Bertz CT molecular complexity index is 534. The Kier molecular flexibility index (Phi) is 5.13. The number of benzene rings is 1. The van der Waals surface area contributed by atoms with E-state index in [0.29, 0.717) is 0 Å². The Morgan fingerprint density at radius 1 is 1.45 bits per heavy atom. The molecule has 1 amide bonds. The van der Waals surface area contributed by atoms with Crippen molar-refractivity contribution in [3.05, 3.63) is 35.1 Å². The molecule has 1 aromatic carbocycles. The van der Waals surface area contributed by atoms with Crippen LogP contribution in [0.2, 0.25) is 0 Å². The minimum Gasteiger partial charge on any atom is -0.480 e. The summed E-state index contributed by atoms with van der Waals surface area (Å²) < 4.78 is 12.9. The minimum atomic E-state index is -1.12. The number of primary amides is 1.